The van der Waals surface area contributed by atoms with E-state index in [1.807, 2.05) is 24.3 Å². The minimum atomic E-state index is -0.117. The van der Waals surface area contributed by atoms with E-state index in [0.29, 0.717) is 17.5 Å². The molecular formula is C48H34N4O. The molecule has 9 aromatic rings. The maximum absolute atomic E-state index is 6.90. The second-order valence-corrected chi connectivity index (χ2v) is 14.7. The van der Waals surface area contributed by atoms with Crippen molar-refractivity contribution in [1.82, 2.24) is 19.5 Å². The van der Waals surface area contributed by atoms with Gasteiger partial charge in [0.05, 0.1) is 16.7 Å². The highest BCUT2D eigenvalue weighted by Gasteiger charge is 2.36. The van der Waals surface area contributed by atoms with Crippen LogP contribution in [-0.4, -0.2) is 19.5 Å². The number of benzene rings is 6. The van der Waals surface area contributed by atoms with Gasteiger partial charge in [0, 0.05) is 38.1 Å². The zero-order valence-electron chi connectivity index (χ0n) is 29.5. The summed E-state index contributed by atoms with van der Waals surface area (Å²) in [6.07, 6.45) is 8.26. The molecule has 0 aliphatic heterocycles. The van der Waals surface area contributed by atoms with Gasteiger partial charge in [-0.3, -0.25) is 0 Å². The highest BCUT2D eigenvalue weighted by Crippen LogP contribution is 2.51. The molecule has 2 aliphatic rings. The second-order valence-electron chi connectivity index (χ2n) is 14.7. The van der Waals surface area contributed by atoms with Crippen LogP contribution in [0.3, 0.4) is 0 Å². The number of para-hydroxylation sites is 2. The molecule has 53 heavy (non-hydrogen) atoms. The van der Waals surface area contributed by atoms with Crippen LogP contribution in [0.25, 0.3) is 88.9 Å². The molecule has 0 fully saturated rings. The first-order chi connectivity index (χ1) is 26.0. The Morgan fingerprint density at radius 1 is 0.604 bits per heavy atom. The van der Waals surface area contributed by atoms with E-state index < -0.39 is 0 Å². The van der Waals surface area contributed by atoms with E-state index in [1.165, 1.54) is 38.5 Å². The van der Waals surface area contributed by atoms with E-state index in [-0.39, 0.29) is 5.41 Å². The lowest BCUT2D eigenvalue weighted by atomic mass is 9.82. The van der Waals surface area contributed by atoms with Gasteiger partial charge in [-0.1, -0.05) is 129 Å². The molecule has 0 N–H and O–H groups in total. The Morgan fingerprint density at radius 2 is 1.36 bits per heavy atom. The summed E-state index contributed by atoms with van der Waals surface area (Å²) in [6, 6.07) is 45.3. The second kappa shape index (κ2) is 11.2. The average molecular weight is 683 g/mol. The Labute approximate surface area is 306 Å². The lowest BCUT2D eigenvalue weighted by Gasteiger charge is -2.21. The molecule has 0 saturated carbocycles. The Morgan fingerprint density at radius 3 is 2.25 bits per heavy atom. The van der Waals surface area contributed by atoms with E-state index in [9.17, 15) is 0 Å². The fourth-order valence-corrected chi connectivity index (χ4v) is 8.76. The van der Waals surface area contributed by atoms with E-state index >= 15 is 0 Å². The van der Waals surface area contributed by atoms with Crippen molar-refractivity contribution in [2.45, 2.75) is 32.1 Å². The lowest BCUT2D eigenvalue weighted by Crippen LogP contribution is -2.14. The highest BCUT2D eigenvalue weighted by molar-refractivity contribution is 6.16. The molecule has 0 saturated heterocycles. The van der Waals surface area contributed by atoms with Crippen molar-refractivity contribution in [3.63, 3.8) is 0 Å². The molecule has 252 valence electrons. The van der Waals surface area contributed by atoms with Gasteiger partial charge < -0.3 is 8.98 Å². The fraction of sp³-hybridized carbons (Fsp3) is 0.104. The van der Waals surface area contributed by atoms with Crippen LogP contribution in [-0.2, 0) is 5.41 Å². The molecule has 5 heteroatoms. The summed E-state index contributed by atoms with van der Waals surface area (Å²) < 4.78 is 9.30. The maximum atomic E-state index is 6.90. The molecule has 5 nitrogen and oxygen atoms in total. The van der Waals surface area contributed by atoms with Crippen LogP contribution < -0.4 is 0 Å². The Balaban J connectivity index is 1.16. The Hall–Kier alpha value is -6.59. The monoisotopic (exact) mass is 682 g/mol. The molecular weight excluding hydrogens is 649 g/mol. The van der Waals surface area contributed by atoms with Gasteiger partial charge in [-0.15, -0.1) is 0 Å². The summed E-state index contributed by atoms with van der Waals surface area (Å²) >= 11 is 0. The molecule has 3 aromatic heterocycles. The van der Waals surface area contributed by atoms with Crippen molar-refractivity contribution in [3.8, 4) is 39.6 Å². The molecule has 0 bridgehead atoms. The summed E-state index contributed by atoms with van der Waals surface area (Å²) in [5.74, 6) is 2.01. The third-order valence-corrected chi connectivity index (χ3v) is 11.3. The van der Waals surface area contributed by atoms with Crippen LogP contribution in [0, 0.1) is 0 Å². The van der Waals surface area contributed by atoms with Gasteiger partial charge in [-0.25, -0.2) is 15.0 Å². The molecule has 0 unspecified atom stereocenters. The van der Waals surface area contributed by atoms with Gasteiger partial charge in [-0.05, 0) is 71.0 Å². The fourth-order valence-electron chi connectivity index (χ4n) is 8.76. The Bertz CT molecular complexity index is 3030. The van der Waals surface area contributed by atoms with Crippen molar-refractivity contribution in [1.29, 1.82) is 0 Å². The number of fused-ring (bicyclic) bond motifs is 9. The number of aromatic nitrogens is 4. The third kappa shape index (κ3) is 4.40. The first-order valence-corrected chi connectivity index (χ1v) is 18.3. The molecule has 2 aliphatic carbocycles. The van der Waals surface area contributed by atoms with E-state index in [0.717, 1.165) is 62.7 Å². The number of allylic oxidation sites excluding steroid dienone is 4. The zero-order chi connectivity index (χ0) is 35.3. The lowest BCUT2D eigenvalue weighted by molar-refractivity contribution is 0.660. The van der Waals surface area contributed by atoms with Crippen molar-refractivity contribution in [3.05, 3.63) is 163 Å². The predicted octanol–water partition coefficient (Wildman–Crippen LogP) is 12.2. The van der Waals surface area contributed by atoms with Gasteiger partial charge >= 0.3 is 0 Å². The van der Waals surface area contributed by atoms with Crippen molar-refractivity contribution < 1.29 is 4.42 Å². The van der Waals surface area contributed by atoms with Crippen LogP contribution in [0.15, 0.2) is 150 Å². The first-order valence-electron chi connectivity index (χ1n) is 18.3. The summed E-state index contributed by atoms with van der Waals surface area (Å²) in [6.45, 7) is 4.69. The number of hydrogen-bond donors (Lipinski definition) is 0. The van der Waals surface area contributed by atoms with E-state index in [4.69, 9.17) is 19.4 Å². The van der Waals surface area contributed by atoms with Crippen molar-refractivity contribution in [2.24, 2.45) is 0 Å². The summed E-state index contributed by atoms with van der Waals surface area (Å²) in [4.78, 5) is 15.2. The molecule has 3 heterocycles. The smallest absolute Gasteiger partial charge is 0.164 e. The van der Waals surface area contributed by atoms with Crippen LogP contribution in [0.4, 0.5) is 0 Å². The van der Waals surface area contributed by atoms with E-state index in [1.54, 1.807) is 0 Å². The zero-order valence-corrected chi connectivity index (χ0v) is 29.5. The van der Waals surface area contributed by atoms with Gasteiger partial charge in [0.1, 0.15) is 5.58 Å². The summed E-state index contributed by atoms with van der Waals surface area (Å²) in [5.41, 5.74) is 13.2. The topological polar surface area (TPSA) is 56.7 Å². The SMILES string of the molecule is CC1(C)c2ccccc2-c2cc3c4ccccc4n(-c4cccc5c4oc4cccc(-c6nc(C7=CC=CCC7)nc(-c7ccccc7)n6)c45)c3cc21. The largest absolute Gasteiger partial charge is 0.454 e. The molecule has 0 amide bonds. The van der Waals surface area contributed by atoms with Gasteiger partial charge in [0.15, 0.2) is 23.1 Å². The van der Waals surface area contributed by atoms with Gasteiger partial charge in [0.25, 0.3) is 0 Å². The standard InChI is InChI=1S/C48H34N4O/c1-48(2)37-23-11-9-19-31(37)35-27-36-32-20-10-12-24-39(32)52(41(36)28-38(35)48)40-25-13-21-33-43-34(22-14-26-42(43)53-44(33)40)47-50-45(29-15-5-3-6-16-29)49-46(51-47)30-17-7-4-8-18-30/h3-7,9-17,19-28H,8,18H2,1-2H3. The first kappa shape index (κ1) is 30.1. The van der Waals surface area contributed by atoms with Crippen LogP contribution >= 0.6 is 0 Å². The summed E-state index contributed by atoms with van der Waals surface area (Å²) in [7, 11) is 0. The minimum absolute atomic E-state index is 0.117. The van der Waals surface area contributed by atoms with Crippen molar-refractivity contribution in [2.75, 3.05) is 0 Å². The number of nitrogens with zero attached hydrogens (tertiary/aromatic N) is 4. The molecule has 6 aromatic carbocycles. The number of hydrogen-bond acceptors (Lipinski definition) is 4. The Kier molecular flexibility index (Phi) is 6.36. The van der Waals surface area contributed by atoms with Crippen LogP contribution in [0.5, 0.6) is 0 Å². The quantitative estimate of drug-likeness (QED) is 0.185. The van der Waals surface area contributed by atoms with Crippen LogP contribution in [0.1, 0.15) is 43.6 Å². The molecule has 11 rings (SSSR count). The predicted molar refractivity (Wildman–Crippen MR) is 216 cm³/mol. The molecule has 0 spiro atoms. The summed E-state index contributed by atoms with van der Waals surface area (Å²) in [5, 5.41) is 4.48. The number of rotatable bonds is 4. The molecule has 0 radical (unpaired) electrons. The van der Waals surface area contributed by atoms with Gasteiger partial charge in [0.2, 0.25) is 0 Å². The third-order valence-electron chi connectivity index (χ3n) is 11.3. The van der Waals surface area contributed by atoms with Crippen molar-refractivity contribution >= 4 is 49.3 Å². The maximum Gasteiger partial charge on any atom is 0.164 e. The minimum Gasteiger partial charge on any atom is -0.454 e. The average Bonchev–Trinajstić information content (AvgIpc) is 3.83. The number of furan rings is 1. The van der Waals surface area contributed by atoms with Gasteiger partial charge in [-0.2, -0.15) is 0 Å². The van der Waals surface area contributed by atoms with E-state index in [2.05, 4.69) is 140 Å². The van der Waals surface area contributed by atoms with Crippen LogP contribution in [0.2, 0.25) is 0 Å². The molecule has 0 atom stereocenters. The normalized spacial score (nSPS) is 14.6. The highest BCUT2D eigenvalue weighted by atomic mass is 16.3.